The van der Waals surface area contributed by atoms with Gasteiger partial charge >= 0.3 is 6.09 Å². The van der Waals surface area contributed by atoms with Gasteiger partial charge in [-0.25, -0.2) is 4.79 Å². The number of aliphatic hydroxyl groups is 1. The molecule has 6 nitrogen and oxygen atoms in total. The van der Waals surface area contributed by atoms with Crippen LogP contribution in [0.3, 0.4) is 0 Å². The van der Waals surface area contributed by atoms with Gasteiger partial charge in [0.25, 0.3) is 0 Å². The maximum Gasteiger partial charge on any atom is 0.410 e. The normalized spacial score (nSPS) is 22.4. The van der Waals surface area contributed by atoms with Gasteiger partial charge in [-0.05, 0) is 39.2 Å². The molecule has 28 heavy (non-hydrogen) atoms. The summed E-state index contributed by atoms with van der Waals surface area (Å²) in [4.78, 5) is 28.6. The molecule has 0 saturated carbocycles. The summed E-state index contributed by atoms with van der Waals surface area (Å²) in [5, 5.41) is 9.44. The Morgan fingerprint density at radius 3 is 2.39 bits per heavy atom. The molecule has 0 bridgehead atoms. The fourth-order valence-electron chi connectivity index (χ4n) is 4.27. The molecule has 2 fully saturated rings. The van der Waals surface area contributed by atoms with Crippen molar-refractivity contribution in [1.82, 2.24) is 9.80 Å². The first-order chi connectivity index (χ1) is 13.2. The Bertz CT molecular complexity index is 690. The summed E-state index contributed by atoms with van der Waals surface area (Å²) in [5.74, 6) is 0.145. The lowest BCUT2D eigenvalue weighted by atomic mass is 9.72. The first kappa shape index (κ1) is 20.6. The van der Waals surface area contributed by atoms with Gasteiger partial charge in [0.1, 0.15) is 5.60 Å². The molecule has 2 saturated heterocycles. The van der Waals surface area contributed by atoms with E-state index in [1.54, 1.807) is 4.90 Å². The van der Waals surface area contributed by atoms with Crippen LogP contribution in [0.2, 0.25) is 0 Å². The standard InChI is InChI=1S/C22H32N2O4/c1-21(2,3)28-20(27)23-11-9-22(10-12-23,18-7-5-4-6-8-18)16-24-14-17(15-25)13-19(24)26/h4-8,17,25H,9-16H2,1-3H3. The zero-order valence-electron chi connectivity index (χ0n) is 17.2. The summed E-state index contributed by atoms with van der Waals surface area (Å²) in [6, 6.07) is 10.3. The highest BCUT2D eigenvalue weighted by molar-refractivity contribution is 5.78. The fraction of sp³-hybridized carbons (Fsp3) is 0.636. The van der Waals surface area contributed by atoms with Crippen molar-refractivity contribution in [2.24, 2.45) is 5.92 Å². The number of rotatable bonds is 4. The Morgan fingerprint density at radius 1 is 1.21 bits per heavy atom. The van der Waals surface area contributed by atoms with Crippen molar-refractivity contribution in [2.75, 3.05) is 32.8 Å². The van der Waals surface area contributed by atoms with Crippen LogP contribution in [-0.2, 0) is 14.9 Å². The number of aliphatic hydroxyl groups excluding tert-OH is 1. The molecule has 0 spiro atoms. The van der Waals surface area contributed by atoms with E-state index in [9.17, 15) is 14.7 Å². The van der Waals surface area contributed by atoms with E-state index in [-0.39, 0.29) is 29.9 Å². The van der Waals surface area contributed by atoms with Gasteiger partial charge < -0.3 is 19.6 Å². The van der Waals surface area contributed by atoms with Crippen LogP contribution in [0, 0.1) is 5.92 Å². The molecule has 2 aliphatic rings. The average Bonchev–Trinajstić information content (AvgIpc) is 3.01. The molecule has 0 radical (unpaired) electrons. The van der Waals surface area contributed by atoms with Gasteiger partial charge in [-0.15, -0.1) is 0 Å². The van der Waals surface area contributed by atoms with E-state index in [0.29, 0.717) is 32.6 Å². The van der Waals surface area contributed by atoms with E-state index in [1.165, 1.54) is 5.56 Å². The van der Waals surface area contributed by atoms with Crippen molar-refractivity contribution in [1.29, 1.82) is 0 Å². The number of likely N-dealkylation sites (tertiary alicyclic amines) is 2. The van der Waals surface area contributed by atoms with E-state index in [4.69, 9.17) is 4.74 Å². The molecule has 3 rings (SSSR count). The van der Waals surface area contributed by atoms with E-state index < -0.39 is 5.60 Å². The van der Waals surface area contributed by atoms with Crippen molar-refractivity contribution in [3.63, 3.8) is 0 Å². The van der Waals surface area contributed by atoms with Gasteiger partial charge in [0.2, 0.25) is 5.91 Å². The van der Waals surface area contributed by atoms with Gasteiger partial charge in [-0.3, -0.25) is 4.79 Å². The Morgan fingerprint density at radius 2 is 1.86 bits per heavy atom. The van der Waals surface area contributed by atoms with Gasteiger partial charge in [0, 0.05) is 50.5 Å². The first-order valence-electron chi connectivity index (χ1n) is 10.1. The van der Waals surface area contributed by atoms with Crippen LogP contribution >= 0.6 is 0 Å². The molecule has 2 amide bonds. The number of carbonyl (C=O) groups is 2. The molecule has 2 aliphatic heterocycles. The van der Waals surface area contributed by atoms with E-state index in [0.717, 1.165) is 12.8 Å². The maximum atomic E-state index is 12.5. The van der Waals surface area contributed by atoms with Crippen LogP contribution in [0.1, 0.15) is 45.6 Å². The highest BCUT2D eigenvalue weighted by Gasteiger charge is 2.42. The van der Waals surface area contributed by atoms with Crippen LogP contribution in [0.4, 0.5) is 4.79 Å². The number of piperidine rings is 1. The molecule has 0 aromatic heterocycles. The second-order valence-corrected chi connectivity index (χ2v) is 9.14. The third-order valence-electron chi connectivity index (χ3n) is 5.80. The van der Waals surface area contributed by atoms with Crippen molar-refractivity contribution >= 4 is 12.0 Å². The molecule has 154 valence electrons. The topological polar surface area (TPSA) is 70.1 Å². The second kappa shape index (κ2) is 8.11. The lowest BCUT2D eigenvalue weighted by Crippen LogP contribution is -2.51. The van der Waals surface area contributed by atoms with Crippen molar-refractivity contribution in [2.45, 2.75) is 51.0 Å². The maximum absolute atomic E-state index is 12.5. The number of ether oxygens (including phenoxy) is 1. The Labute approximate surface area is 167 Å². The minimum atomic E-state index is -0.508. The van der Waals surface area contributed by atoms with Crippen molar-refractivity contribution < 1.29 is 19.4 Å². The molecule has 2 heterocycles. The van der Waals surface area contributed by atoms with E-state index in [2.05, 4.69) is 12.1 Å². The average molecular weight is 389 g/mol. The van der Waals surface area contributed by atoms with E-state index in [1.807, 2.05) is 43.9 Å². The smallest absolute Gasteiger partial charge is 0.410 e. The third kappa shape index (κ3) is 4.66. The second-order valence-electron chi connectivity index (χ2n) is 9.14. The summed E-state index contributed by atoms with van der Waals surface area (Å²) in [5.41, 5.74) is 0.519. The summed E-state index contributed by atoms with van der Waals surface area (Å²) in [6.45, 7) is 8.13. The van der Waals surface area contributed by atoms with Crippen molar-refractivity contribution in [3.05, 3.63) is 35.9 Å². The monoisotopic (exact) mass is 388 g/mol. The van der Waals surface area contributed by atoms with Gasteiger partial charge in [0.05, 0.1) is 0 Å². The van der Waals surface area contributed by atoms with Crippen LogP contribution in [0.5, 0.6) is 0 Å². The predicted molar refractivity (Wildman–Crippen MR) is 107 cm³/mol. The summed E-state index contributed by atoms with van der Waals surface area (Å²) in [6.07, 6.45) is 1.71. The SMILES string of the molecule is CC(C)(C)OC(=O)N1CCC(CN2CC(CO)CC2=O)(c2ccccc2)CC1. The van der Waals surface area contributed by atoms with Crippen LogP contribution in [-0.4, -0.2) is 65.3 Å². The largest absolute Gasteiger partial charge is 0.444 e. The minimum absolute atomic E-state index is 0.0298. The number of carbonyl (C=O) groups excluding carboxylic acids is 2. The quantitative estimate of drug-likeness (QED) is 0.861. The Kier molecular flexibility index (Phi) is 5.98. The van der Waals surface area contributed by atoms with Crippen molar-refractivity contribution in [3.8, 4) is 0 Å². The highest BCUT2D eigenvalue weighted by Crippen LogP contribution is 2.38. The summed E-state index contributed by atoms with van der Waals surface area (Å²) < 4.78 is 5.52. The third-order valence-corrected chi connectivity index (χ3v) is 5.80. The molecule has 1 N–H and O–H groups in total. The van der Waals surface area contributed by atoms with Gasteiger partial charge in [-0.2, -0.15) is 0 Å². The molecule has 0 aliphatic carbocycles. The molecule has 1 unspecified atom stereocenters. The molecule has 1 atom stereocenters. The first-order valence-corrected chi connectivity index (χ1v) is 10.1. The molecule has 1 aromatic rings. The lowest BCUT2D eigenvalue weighted by molar-refractivity contribution is -0.128. The number of nitrogens with zero attached hydrogens (tertiary/aromatic N) is 2. The lowest BCUT2D eigenvalue weighted by Gasteiger charge is -2.44. The Hall–Kier alpha value is -2.08. The molecule has 6 heteroatoms. The Balaban J connectivity index is 1.75. The number of benzene rings is 1. The minimum Gasteiger partial charge on any atom is -0.444 e. The van der Waals surface area contributed by atoms with Gasteiger partial charge in [0.15, 0.2) is 0 Å². The zero-order chi connectivity index (χ0) is 20.4. The predicted octanol–water partition coefficient (Wildman–Crippen LogP) is 2.80. The van der Waals surface area contributed by atoms with E-state index >= 15 is 0 Å². The van der Waals surface area contributed by atoms with Crippen LogP contribution in [0.15, 0.2) is 30.3 Å². The molecule has 1 aromatic carbocycles. The van der Waals surface area contributed by atoms with Crippen LogP contribution < -0.4 is 0 Å². The highest BCUT2D eigenvalue weighted by atomic mass is 16.6. The summed E-state index contributed by atoms with van der Waals surface area (Å²) >= 11 is 0. The summed E-state index contributed by atoms with van der Waals surface area (Å²) in [7, 11) is 0. The fourth-order valence-corrected chi connectivity index (χ4v) is 4.27. The zero-order valence-corrected chi connectivity index (χ0v) is 17.2. The molecular weight excluding hydrogens is 356 g/mol. The molecular formula is C22H32N2O4. The number of amides is 2. The van der Waals surface area contributed by atoms with Gasteiger partial charge in [-0.1, -0.05) is 30.3 Å². The number of hydrogen-bond acceptors (Lipinski definition) is 4. The van der Waals surface area contributed by atoms with Crippen LogP contribution in [0.25, 0.3) is 0 Å². The number of hydrogen-bond donors (Lipinski definition) is 1.